The van der Waals surface area contributed by atoms with Gasteiger partial charge in [0.2, 0.25) is 17.5 Å². The summed E-state index contributed by atoms with van der Waals surface area (Å²) in [5.74, 6) is 1.44. The summed E-state index contributed by atoms with van der Waals surface area (Å²) in [7, 11) is 0. The molecule has 0 spiro atoms. The van der Waals surface area contributed by atoms with Crippen LogP contribution in [-0.2, 0) is 4.79 Å². The summed E-state index contributed by atoms with van der Waals surface area (Å²) in [6.45, 7) is 4.21. The lowest BCUT2D eigenvalue weighted by Gasteiger charge is -2.34. The van der Waals surface area contributed by atoms with Gasteiger partial charge in [0.1, 0.15) is 11.8 Å². The predicted molar refractivity (Wildman–Crippen MR) is 122 cm³/mol. The second-order valence-corrected chi connectivity index (χ2v) is 7.53. The molecule has 1 aliphatic heterocycles. The van der Waals surface area contributed by atoms with Crippen LogP contribution in [-0.4, -0.2) is 48.6 Å². The van der Waals surface area contributed by atoms with E-state index in [4.69, 9.17) is 9.15 Å². The van der Waals surface area contributed by atoms with E-state index in [0.29, 0.717) is 43.7 Å². The molecule has 0 saturated carbocycles. The average Bonchev–Trinajstić information content (AvgIpc) is 3.26. The van der Waals surface area contributed by atoms with Gasteiger partial charge in [-0.3, -0.25) is 4.79 Å². The van der Waals surface area contributed by atoms with Gasteiger partial charge in [-0.05, 0) is 30.7 Å². The Hall–Kier alpha value is -4.05. The Kier molecular flexibility index (Phi) is 6.52. The Morgan fingerprint density at radius 2 is 1.81 bits per heavy atom. The third-order valence-electron chi connectivity index (χ3n) is 5.25. The summed E-state index contributed by atoms with van der Waals surface area (Å²) >= 11 is 0. The van der Waals surface area contributed by atoms with Crippen molar-refractivity contribution in [3.63, 3.8) is 0 Å². The maximum absolute atomic E-state index is 12.5. The van der Waals surface area contributed by atoms with Gasteiger partial charge in [0.05, 0.1) is 0 Å². The highest BCUT2D eigenvalue weighted by Gasteiger charge is 2.26. The Balaban J connectivity index is 1.35. The number of ether oxygens (including phenoxy) is 1. The molecule has 3 aromatic rings. The molecule has 2 heterocycles. The number of carbonyl (C=O) groups excluding carboxylic acids is 1. The molecular formula is C25H24N4O3. The molecule has 1 fully saturated rings. The maximum Gasteiger partial charge on any atom is 0.260 e. The zero-order valence-corrected chi connectivity index (χ0v) is 17.9. The molecule has 7 nitrogen and oxygen atoms in total. The van der Waals surface area contributed by atoms with E-state index in [1.54, 1.807) is 11.0 Å². The van der Waals surface area contributed by atoms with Crippen LogP contribution < -0.4 is 9.64 Å². The van der Waals surface area contributed by atoms with Crippen LogP contribution >= 0.6 is 0 Å². The number of nitriles is 1. The largest absolute Gasteiger partial charge is 0.484 e. The fraction of sp³-hybridized carbons (Fsp3) is 0.240. The van der Waals surface area contributed by atoms with E-state index in [0.717, 1.165) is 5.56 Å². The molecule has 1 aliphatic rings. The van der Waals surface area contributed by atoms with Gasteiger partial charge in [-0.1, -0.05) is 48.0 Å². The van der Waals surface area contributed by atoms with Crippen molar-refractivity contribution in [2.75, 3.05) is 37.7 Å². The highest BCUT2D eigenvalue weighted by molar-refractivity contribution is 5.78. The number of anilines is 1. The molecule has 0 atom stereocenters. The van der Waals surface area contributed by atoms with Gasteiger partial charge in [0.25, 0.3) is 5.91 Å². The minimum Gasteiger partial charge on any atom is -0.484 e. The third-order valence-corrected chi connectivity index (χ3v) is 5.25. The van der Waals surface area contributed by atoms with Gasteiger partial charge >= 0.3 is 0 Å². The van der Waals surface area contributed by atoms with Crippen molar-refractivity contribution in [2.45, 2.75) is 6.92 Å². The summed E-state index contributed by atoms with van der Waals surface area (Å²) in [4.78, 5) is 20.5. The van der Waals surface area contributed by atoms with Gasteiger partial charge in [0.15, 0.2) is 6.61 Å². The minimum absolute atomic E-state index is 0.00369. The van der Waals surface area contributed by atoms with E-state index in [-0.39, 0.29) is 18.2 Å². The molecule has 1 aromatic heterocycles. The maximum atomic E-state index is 12.5. The zero-order valence-electron chi connectivity index (χ0n) is 17.9. The quantitative estimate of drug-likeness (QED) is 0.595. The number of nitrogens with zero attached hydrogens (tertiary/aromatic N) is 4. The molecular weight excluding hydrogens is 404 g/mol. The zero-order chi connectivity index (χ0) is 22.3. The summed E-state index contributed by atoms with van der Waals surface area (Å²) in [5, 5.41) is 9.49. The van der Waals surface area contributed by atoms with Crippen LogP contribution in [0.15, 0.2) is 59.0 Å². The number of hydrogen-bond acceptors (Lipinski definition) is 6. The number of benzene rings is 2. The van der Waals surface area contributed by atoms with Crippen LogP contribution in [0.25, 0.3) is 12.2 Å². The van der Waals surface area contributed by atoms with Crippen LogP contribution in [0.4, 0.5) is 5.88 Å². The molecule has 7 heteroatoms. The number of piperazine rings is 1. The smallest absolute Gasteiger partial charge is 0.260 e. The Bertz CT molecular complexity index is 1120. The lowest BCUT2D eigenvalue weighted by molar-refractivity contribution is -0.133. The Labute approximate surface area is 187 Å². The highest BCUT2D eigenvalue weighted by Crippen LogP contribution is 2.24. The van der Waals surface area contributed by atoms with E-state index in [2.05, 4.69) is 11.1 Å². The molecule has 0 N–H and O–H groups in total. The fourth-order valence-electron chi connectivity index (χ4n) is 3.44. The number of aryl methyl sites for hydroxylation is 1. The Morgan fingerprint density at radius 3 is 2.50 bits per heavy atom. The van der Waals surface area contributed by atoms with E-state index in [1.807, 2.05) is 72.5 Å². The first-order valence-corrected chi connectivity index (χ1v) is 10.5. The number of aromatic nitrogens is 1. The third kappa shape index (κ3) is 5.16. The summed E-state index contributed by atoms with van der Waals surface area (Å²) in [6.07, 6.45) is 3.66. The normalized spacial score (nSPS) is 13.9. The SMILES string of the molecule is Cc1ccc(/C=C/c2nc(C#N)c(N3CCN(C(=O)COc4ccccc4)CC3)o2)cc1. The number of hydrogen-bond donors (Lipinski definition) is 0. The van der Waals surface area contributed by atoms with E-state index in [1.165, 1.54) is 5.56 Å². The summed E-state index contributed by atoms with van der Waals surface area (Å²) < 4.78 is 11.4. The number of amides is 1. The molecule has 1 saturated heterocycles. The van der Waals surface area contributed by atoms with Gasteiger partial charge < -0.3 is 19.0 Å². The van der Waals surface area contributed by atoms with Crippen molar-refractivity contribution in [1.82, 2.24) is 9.88 Å². The van der Waals surface area contributed by atoms with Gasteiger partial charge in [-0.25, -0.2) is 0 Å². The van der Waals surface area contributed by atoms with Crippen molar-refractivity contribution in [3.05, 3.63) is 77.3 Å². The summed E-state index contributed by atoms with van der Waals surface area (Å²) in [6, 6.07) is 19.5. The fourth-order valence-corrected chi connectivity index (χ4v) is 3.44. The number of carbonyl (C=O) groups is 1. The molecule has 2 aromatic carbocycles. The summed E-state index contributed by atoms with van der Waals surface area (Å²) in [5.41, 5.74) is 2.47. The predicted octanol–water partition coefficient (Wildman–Crippen LogP) is 3.75. The standard InChI is InChI=1S/C25H24N4O3/c1-19-7-9-20(10-8-19)11-12-23-27-22(17-26)25(32-23)29-15-13-28(14-16-29)24(30)18-31-21-5-3-2-4-6-21/h2-12H,13-16,18H2,1H3/b12-11+. The Morgan fingerprint density at radius 1 is 1.09 bits per heavy atom. The molecule has 1 amide bonds. The lowest BCUT2D eigenvalue weighted by Crippen LogP contribution is -2.50. The molecule has 0 radical (unpaired) electrons. The molecule has 0 unspecified atom stereocenters. The lowest BCUT2D eigenvalue weighted by atomic mass is 10.1. The monoisotopic (exact) mass is 428 g/mol. The molecule has 32 heavy (non-hydrogen) atoms. The van der Waals surface area contributed by atoms with Crippen molar-refractivity contribution in [2.24, 2.45) is 0 Å². The average molecular weight is 428 g/mol. The number of oxazole rings is 1. The van der Waals surface area contributed by atoms with Crippen molar-refractivity contribution >= 4 is 23.9 Å². The second-order valence-electron chi connectivity index (χ2n) is 7.53. The van der Waals surface area contributed by atoms with Crippen LogP contribution in [0.3, 0.4) is 0 Å². The van der Waals surface area contributed by atoms with E-state index in [9.17, 15) is 10.1 Å². The topological polar surface area (TPSA) is 82.6 Å². The van der Waals surface area contributed by atoms with Crippen LogP contribution in [0.5, 0.6) is 5.75 Å². The van der Waals surface area contributed by atoms with Crippen molar-refractivity contribution in [1.29, 1.82) is 5.26 Å². The first kappa shape index (κ1) is 21.2. The van der Waals surface area contributed by atoms with E-state index >= 15 is 0 Å². The van der Waals surface area contributed by atoms with Crippen LogP contribution in [0.1, 0.15) is 22.7 Å². The first-order chi connectivity index (χ1) is 15.6. The molecule has 0 aliphatic carbocycles. The van der Waals surface area contributed by atoms with Crippen LogP contribution in [0.2, 0.25) is 0 Å². The number of para-hydroxylation sites is 1. The number of rotatable bonds is 6. The van der Waals surface area contributed by atoms with Gasteiger partial charge in [-0.15, -0.1) is 0 Å². The molecule has 162 valence electrons. The van der Waals surface area contributed by atoms with Gasteiger partial charge in [-0.2, -0.15) is 10.2 Å². The van der Waals surface area contributed by atoms with E-state index < -0.39 is 0 Å². The highest BCUT2D eigenvalue weighted by atomic mass is 16.5. The van der Waals surface area contributed by atoms with Crippen molar-refractivity contribution < 1.29 is 13.9 Å². The minimum atomic E-state index is -0.0618. The second kappa shape index (κ2) is 9.84. The van der Waals surface area contributed by atoms with Crippen molar-refractivity contribution in [3.8, 4) is 11.8 Å². The molecule has 0 bridgehead atoms. The molecule has 4 rings (SSSR count). The first-order valence-electron chi connectivity index (χ1n) is 10.5. The van der Waals surface area contributed by atoms with Crippen LogP contribution in [0, 0.1) is 18.3 Å². The van der Waals surface area contributed by atoms with Gasteiger partial charge in [0, 0.05) is 32.3 Å².